The van der Waals surface area contributed by atoms with E-state index in [1.54, 1.807) is 19.3 Å². The van der Waals surface area contributed by atoms with Crippen molar-refractivity contribution < 1.29 is 4.79 Å². The molecule has 1 spiro atoms. The van der Waals surface area contributed by atoms with Gasteiger partial charge in [-0.05, 0) is 37.1 Å². The summed E-state index contributed by atoms with van der Waals surface area (Å²) in [6.07, 6.45) is 4.12. The lowest BCUT2D eigenvalue weighted by atomic mass is 9.60. The van der Waals surface area contributed by atoms with Crippen molar-refractivity contribution in [1.29, 1.82) is 0 Å². The average molecular weight is 322 g/mol. The van der Waals surface area contributed by atoms with Crippen LogP contribution in [0.5, 0.6) is 0 Å². The van der Waals surface area contributed by atoms with Crippen molar-refractivity contribution in [1.82, 2.24) is 10.3 Å². The van der Waals surface area contributed by atoms with E-state index >= 15 is 0 Å². The highest BCUT2D eigenvalue weighted by molar-refractivity contribution is 5.94. The fourth-order valence-electron chi connectivity index (χ4n) is 3.92. The van der Waals surface area contributed by atoms with E-state index in [0.29, 0.717) is 17.0 Å². The van der Waals surface area contributed by atoms with Gasteiger partial charge in [0.15, 0.2) is 0 Å². The van der Waals surface area contributed by atoms with E-state index in [0.717, 1.165) is 18.9 Å². The molecule has 0 unspecified atom stereocenters. The lowest BCUT2D eigenvalue weighted by Gasteiger charge is -2.59. The summed E-state index contributed by atoms with van der Waals surface area (Å²) in [5.74, 6) is 0.839. The molecule has 2 heterocycles. The van der Waals surface area contributed by atoms with E-state index in [-0.39, 0.29) is 5.91 Å². The van der Waals surface area contributed by atoms with Crippen molar-refractivity contribution in [3.05, 3.63) is 54.2 Å². The van der Waals surface area contributed by atoms with Gasteiger partial charge in [0.2, 0.25) is 0 Å². The first kappa shape index (κ1) is 15.0. The second-order valence-corrected chi connectivity index (χ2v) is 6.95. The zero-order valence-electron chi connectivity index (χ0n) is 13.8. The molecule has 5 heteroatoms. The molecule has 1 amide bonds. The minimum Gasteiger partial charge on any atom is -0.382 e. The summed E-state index contributed by atoms with van der Waals surface area (Å²) in [4.78, 5) is 18.4. The number of nitrogens with zero attached hydrogens (tertiary/aromatic N) is 2. The van der Waals surface area contributed by atoms with E-state index in [4.69, 9.17) is 0 Å². The predicted octanol–water partition coefficient (Wildman–Crippen LogP) is 2.52. The number of nitrogens with one attached hydrogen (secondary N) is 2. The van der Waals surface area contributed by atoms with Crippen LogP contribution < -0.4 is 15.5 Å². The number of aromatic nitrogens is 1. The van der Waals surface area contributed by atoms with Crippen LogP contribution in [0.4, 0.5) is 11.5 Å². The highest BCUT2D eigenvalue weighted by Crippen LogP contribution is 2.50. The quantitative estimate of drug-likeness (QED) is 0.908. The summed E-state index contributed by atoms with van der Waals surface area (Å²) in [6.45, 7) is 2.06. The molecular formula is C19H22N4O. The van der Waals surface area contributed by atoms with E-state index in [9.17, 15) is 4.79 Å². The van der Waals surface area contributed by atoms with Crippen molar-refractivity contribution in [2.75, 3.05) is 30.4 Å². The molecule has 2 fully saturated rings. The molecule has 4 rings (SSSR count). The molecule has 2 aliphatic rings. The number of carbonyl (C=O) groups excluding carboxylic acids is 1. The summed E-state index contributed by atoms with van der Waals surface area (Å²) in [7, 11) is 1.65. The van der Waals surface area contributed by atoms with Crippen LogP contribution in [-0.2, 0) is 0 Å². The zero-order valence-corrected chi connectivity index (χ0v) is 13.8. The van der Waals surface area contributed by atoms with Crippen LogP contribution in [0.25, 0.3) is 0 Å². The normalized spacial score (nSPS) is 18.6. The minimum absolute atomic E-state index is 0.0651. The van der Waals surface area contributed by atoms with Crippen molar-refractivity contribution in [3.63, 3.8) is 0 Å². The molecule has 2 aromatic rings. The number of hydrogen-bond acceptors (Lipinski definition) is 4. The summed E-state index contributed by atoms with van der Waals surface area (Å²) in [5.41, 5.74) is 2.30. The van der Waals surface area contributed by atoms with E-state index in [1.807, 2.05) is 12.1 Å². The fourth-order valence-corrected chi connectivity index (χ4v) is 3.92. The fraction of sp³-hybridized carbons (Fsp3) is 0.368. The lowest BCUT2D eigenvalue weighted by Crippen LogP contribution is -2.65. The monoisotopic (exact) mass is 322 g/mol. The van der Waals surface area contributed by atoms with Gasteiger partial charge in [-0.2, -0.15) is 0 Å². The minimum atomic E-state index is -0.0651. The molecule has 24 heavy (non-hydrogen) atoms. The third-order valence-corrected chi connectivity index (χ3v) is 5.11. The van der Waals surface area contributed by atoms with Gasteiger partial charge in [0.1, 0.15) is 5.82 Å². The Kier molecular flexibility index (Phi) is 3.63. The molecular weight excluding hydrogens is 300 g/mol. The molecule has 1 aromatic carbocycles. The Morgan fingerprint density at radius 3 is 2.67 bits per heavy atom. The Bertz CT molecular complexity index is 732. The predicted molar refractivity (Wildman–Crippen MR) is 95.4 cm³/mol. The highest BCUT2D eigenvalue weighted by Gasteiger charge is 2.52. The van der Waals surface area contributed by atoms with Gasteiger partial charge in [0, 0.05) is 49.0 Å². The third kappa shape index (κ3) is 2.70. The topological polar surface area (TPSA) is 57.3 Å². The van der Waals surface area contributed by atoms with Crippen LogP contribution in [-0.4, -0.2) is 37.1 Å². The SMILES string of the molecule is CNC(=O)c1ccnc(N2CC3(CC(Nc4ccccc4)C3)C2)c1. The Morgan fingerprint density at radius 1 is 1.21 bits per heavy atom. The number of para-hydroxylation sites is 1. The Morgan fingerprint density at radius 2 is 1.96 bits per heavy atom. The molecule has 2 N–H and O–H groups in total. The van der Waals surface area contributed by atoms with Crippen LogP contribution in [0.15, 0.2) is 48.7 Å². The van der Waals surface area contributed by atoms with Gasteiger partial charge in [-0.1, -0.05) is 18.2 Å². The molecule has 1 aliphatic carbocycles. The van der Waals surface area contributed by atoms with Crippen LogP contribution >= 0.6 is 0 Å². The number of carbonyl (C=O) groups is 1. The standard InChI is InChI=1S/C19H22N4O/c1-20-18(24)14-7-8-21-17(9-14)23-12-19(13-23)10-16(11-19)22-15-5-3-2-4-6-15/h2-9,16,22H,10-13H2,1H3,(H,20,24). The smallest absolute Gasteiger partial charge is 0.251 e. The van der Waals surface area contributed by atoms with Gasteiger partial charge in [-0.25, -0.2) is 4.98 Å². The Labute approximate surface area is 142 Å². The number of anilines is 2. The van der Waals surface area contributed by atoms with Gasteiger partial charge in [0.25, 0.3) is 5.91 Å². The number of amides is 1. The first-order chi connectivity index (χ1) is 11.7. The highest BCUT2D eigenvalue weighted by atomic mass is 16.1. The Balaban J connectivity index is 1.32. The molecule has 1 saturated carbocycles. The molecule has 1 saturated heterocycles. The Hall–Kier alpha value is -2.56. The van der Waals surface area contributed by atoms with Gasteiger partial charge in [-0.3, -0.25) is 4.79 Å². The summed E-state index contributed by atoms with van der Waals surface area (Å²) >= 11 is 0. The summed E-state index contributed by atoms with van der Waals surface area (Å²) < 4.78 is 0. The summed E-state index contributed by atoms with van der Waals surface area (Å²) in [5, 5.41) is 6.26. The van der Waals surface area contributed by atoms with E-state index < -0.39 is 0 Å². The maximum atomic E-state index is 11.7. The maximum Gasteiger partial charge on any atom is 0.251 e. The van der Waals surface area contributed by atoms with Crippen molar-refractivity contribution in [3.8, 4) is 0 Å². The first-order valence-corrected chi connectivity index (χ1v) is 8.42. The van der Waals surface area contributed by atoms with Gasteiger partial charge < -0.3 is 15.5 Å². The van der Waals surface area contributed by atoms with Gasteiger partial charge >= 0.3 is 0 Å². The van der Waals surface area contributed by atoms with Crippen LogP contribution in [0.3, 0.4) is 0 Å². The number of pyridine rings is 1. The van der Waals surface area contributed by atoms with E-state index in [2.05, 4.69) is 44.8 Å². The zero-order chi connectivity index (χ0) is 16.6. The molecule has 0 radical (unpaired) electrons. The van der Waals surface area contributed by atoms with Crippen molar-refractivity contribution >= 4 is 17.4 Å². The molecule has 5 nitrogen and oxygen atoms in total. The molecule has 124 valence electrons. The largest absolute Gasteiger partial charge is 0.382 e. The number of rotatable bonds is 4. The second-order valence-electron chi connectivity index (χ2n) is 6.95. The van der Waals surface area contributed by atoms with E-state index in [1.165, 1.54) is 18.5 Å². The van der Waals surface area contributed by atoms with Crippen LogP contribution in [0.1, 0.15) is 23.2 Å². The molecule has 1 aromatic heterocycles. The van der Waals surface area contributed by atoms with Crippen LogP contribution in [0, 0.1) is 5.41 Å². The average Bonchev–Trinajstić information content (AvgIpc) is 2.56. The van der Waals surface area contributed by atoms with Gasteiger partial charge in [0.05, 0.1) is 0 Å². The number of benzene rings is 1. The molecule has 1 aliphatic heterocycles. The maximum absolute atomic E-state index is 11.7. The molecule has 0 atom stereocenters. The third-order valence-electron chi connectivity index (χ3n) is 5.11. The summed E-state index contributed by atoms with van der Waals surface area (Å²) in [6, 6.07) is 14.6. The number of hydrogen-bond donors (Lipinski definition) is 2. The van der Waals surface area contributed by atoms with Crippen molar-refractivity contribution in [2.45, 2.75) is 18.9 Å². The van der Waals surface area contributed by atoms with Crippen LogP contribution in [0.2, 0.25) is 0 Å². The second kappa shape index (κ2) is 5.82. The lowest BCUT2D eigenvalue weighted by molar-refractivity contribution is 0.0745. The molecule has 0 bridgehead atoms. The van der Waals surface area contributed by atoms with Crippen molar-refractivity contribution in [2.24, 2.45) is 5.41 Å². The van der Waals surface area contributed by atoms with Gasteiger partial charge in [-0.15, -0.1) is 0 Å². The first-order valence-electron chi connectivity index (χ1n) is 8.42.